The molecule has 4 nitrogen and oxygen atoms in total. The van der Waals surface area contributed by atoms with Crippen LogP contribution in [0.3, 0.4) is 0 Å². The Bertz CT molecular complexity index is 514. The van der Waals surface area contributed by atoms with Crippen LogP contribution in [0, 0.1) is 0 Å². The first-order valence-electron chi connectivity index (χ1n) is 4.94. The lowest BCUT2D eigenvalue weighted by atomic mass is 10.2. The van der Waals surface area contributed by atoms with Gasteiger partial charge in [0, 0.05) is 10.0 Å². The van der Waals surface area contributed by atoms with E-state index in [0.29, 0.717) is 17.9 Å². The number of benzene rings is 1. The molecule has 2 rings (SSSR count). The van der Waals surface area contributed by atoms with Gasteiger partial charge in [-0.1, -0.05) is 28.1 Å². The second-order valence-corrected chi connectivity index (χ2v) is 4.15. The summed E-state index contributed by atoms with van der Waals surface area (Å²) in [6.07, 6.45) is 3.78. The smallest absolute Gasteiger partial charge is 0.159 e. The molecule has 0 saturated heterocycles. The molecular formula is C12H9BrN2O2. The molecule has 86 valence electrons. The number of rotatable bonds is 4. The molecule has 1 aromatic heterocycles. The summed E-state index contributed by atoms with van der Waals surface area (Å²) < 4.78 is 6.04. The zero-order valence-electron chi connectivity index (χ0n) is 8.84. The summed E-state index contributed by atoms with van der Waals surface area (Å²) in [7, 11) is 0. The molecule has 0 aliphatic heterocycles. The summed E-state index contributed by atoms with van der Waals surface area (Å²) >= 11 is 3.39. The van der Waals surface area contributed by atoms with Crippen molar-refractivity contribution in [3.05, 3.63) is 41.1 Å². The van der Waals surface area contributed by atoms with Crippen LogP contribution in [0.5, 0.6) is 5.75 Å². The van der Waals surface area contributed by atoms with Gasteiger partial charge < -0.3 is 4.74 Å². The largest absolute Gasteiger partial charge is 0.483 e. The maximum atomic E-state index is 10.1. The van der Waals surface area contributed by atoms with Crippen molar-refractivity contribution in [3.63, 3.8) is 0 Å². The molecule has 2 aromatic rings. The highest BCUT2D eigenvalue weighted by Gasteiger charge is 2.02. The van der Waals surface area contributed by atoms with Crippen LogP contribution in [0.1, 0.15) is 0 Å². The van der Waals surface area contributed by atoms with E-state index < -0.39 is 0 Å². The molecule has 0 atom stereocenters. The topological polar surface area (TPSA) is 52.1 Å². The lowest BCUT2D eigenvalue weighted by Crippen LogP contribution is -1.99. The SMILES string of the molecule is O=CCOc1cnc(-c2cccc(Br)c2)nc1. The summed E-state index contributed by atoms with van der Waals surface area (Å²) in [5.74, 6) is 1.10. The zero-order chi connectivity index (χ0) is 12.1. The van der Waals surface area contributed by atoms with E-state index in [1.54, 1.807) is 12.4 Å². The van der Waals surface area contributed by atoms with Gasteiger partial charge in [0.1, 0.15) is 6.61 Å². The van der Waals surface area contributed by atoms with E-state index >= 15 is 0 Å². The second-order valence-electron chi connectivity index (χ2n) is 3.23. The predicted molar refractivity (Wildman–Crippen MR) is 66.7 cm³/mol. The van der Waals surface area contributed by atoms with Crippen LogP contribution in [-0.2, 0) is 4.79 Å². The quantitative estimate of drug-likeness (QED) is 0.813. The number of hydrogen-bond acceptors (Lipinski definition) is 4. The van der Waals surface area contributed by atoms with E-state index in [4.69, 9.17) is 4.74 Å². The van der Waals surface area contributed by atoms with Gasteiger partial charge in [0.25, 0.3) is 0 Å². The maximum Gasteiger partial charge on any atom is 0.159 e. The Morgan fingerprint density at radius 2 is 2.06 bits per heavy atom. The Labute approximate surface area is 107 Å². The highest BCUT2D eigenvalue weighted by Crippen LogP contribution is 2.20. The van der Waals surface area contributed by atoms with Crippen LogP contribution >= 0.6 is 15.9 Å². The summed E-state index contributed by atoms with van der Waals surface area (Å²) in [5, 5.41) is 0. The average Bonchev–Trinajstić information content (AvgIpc) is 2.37. The second kappa shape index (κ2) is 5.54. The Kier molecular flexibility index (Phi) is 3.82. The number of carbonyl (C=O) groups excluding carboxylic acids is 1. The number of hydrogen-bond donors (Lipinski definition) is 0. The molecule has 5 heteroatoms. The van der Waals surface area contributed by atoms with Crippen LogP contribution in [0.2, 0.25) is 0 Å². The molecule has 0 bridgehead atoms. The third kappa shape index (κ3) is 3.10. The molecule has 0 aliphatic carbocycles. The van der Waals surface area contributed by atoms with Crippen LogP contribution in [0.4, 0.5) is 0 Å². The maximum absolute atomic E-state index is 10.1. The molecule has 0 fully saturated rings. The minimum Gasteiger partial charge on any atom is -0.483 e. The minimum absolute atomic E-state index is 0.0135. The lowest BCUT2D eigenvalue weighted by Gasteiger charge is -2.03. The first-order chi connectivity index (χ1) is 8.29. The van der Waals surface area contributed by atoms with E-state index in [-0.39, 0.29) is 6.61 Å². The van der Waals surface area contributed by atoms with Gasteiger partial charge in [0.05, 0.1) is 12.4 Å². The number of ether oxygens (including phenoxy) is 1. The number of nitrogens with zero attached hydrogens (tertiary/aromatic N) is 2. The standard InChI is InChI=1S/C12H9BrN2O2/c13-10-3-1-2-9(6-10)12-14-7-11(8-15-12)17-5-4-16/h1-4,6-8H,5H2. The van der Waals surface area contributed by atoms with Gasteiger partial charge in [-0.2, -0.15) is 0 Å². The Morgan fingerprint density at radius 1 is 1.29 bits per heavy atom. The van der Waals surface area contributed by atoms with Gasteiger partial charge in [0.15, 0.2) is 17.9 Å². The van der Waals surface area contributed by atoms with Crippen molar-refractivity contribution in [2.75, 3.05) is 6.61 Å². The number of carbonyl (C=O) groups is 1. The van der Waals surface area contributed by atoms with Crippen molar-refractivity contribution in [1.29, 1.82) is 0 Å². The third-order valence-corrected chi connectivity index (χ3v) is 2.52. The molecule has 0 spiro atoms. The highest BCUT2D eigenvalue weighted by molar-refractivity contribution is 9.10. The first kappa shape index (κ1) is 11.7. The molecule has 0 amide bonds. The predicted octanol–water partition coefficient (Wildman–Crippen LogP) is 2.48. The molecular weight excluding hydrogens is 284 g/mol. The van der Waals surface area contributed by atoms with Crippen molar-refractivity contribution in [2.24, 2.45) is 0 Å². The van der Waals surface area contributed by atoms with Gasteiger partial charge in [-0.15, -0.1) is 0 Å². The summed E-state index contributed by atoms with van der Waals surface area (Å²) in [6, 6.07) is 7.71. The van der Waals surface area contributed by atoms with Crippen LogP contribution in [0.25, 0.3) is 11.4 Å². The first-order valence-corrected chi connectivity index (χ1v) is 5.73. The molecule has 1 heterocycles. The molecule has 17 heavy (non-hydrogen) atoms. The van der Waals surface area contributed by atoms with Crippen LogP contribution in [-0.4, -0.2) is 22.9 Å². The molecule has 1 aromatic carbocycles. The Balaban J connectivity index is 2.20. The third-order valence-electron chi connectivity index (χ3n) is 2.03. The molecule has 0 saturated carbocycles. The van der Waals surface area contributed by atoms with Crippen molar-refractivity contribution >= 4 is 22.2 Å². The Morgan fingerprint density at radius 3 is 2.71 bits per heavy atom. The molecule has 0 N–H and O–H groups in total. The van der Waals surface area contributed by atoms with Gasteiger partial charge in [-0.25, -0.2) is 9.97 Å². The van der Waals surface area contributed by atoms with Gasteiger partial charge in [-0.05, 0) is 12.1 Å². The number of halogens is 1. The van der Waals surface area contributed by atoms with Crippen molar-refractivity contribution in [1.82, 2.24) is 9.97 Å². The number of aldehydes is 1. The van der Waals surface area contributed by atoms with Gasteiger partial charge >= 0.3 is 0 Å². The summed E-state index contributed by atoms with van der Waals surface area (Å²) in [5.41, 5.74) is 0.918. The molecule has 0 unspecified atom stereocenters. The van der Waals surface area contributed by atoms with Crippen molar-refractivity contribution in [2.45, 2.75) is 0 Å². The van der Waals surface area contributed by atoms with Crippen LogP contribution in [0.15, 0.2) is 41.1 Å². The fraction of sp³-hybridized carbons (Fsp3) is 0.0833. The zero-order valence-corrected chi connectivity index (χ0v) is 10.4. The summed E-state index contributed by atoms with van der Waals surface area (Å²) in [6.45, 7) is 0.0135. The monoisotopic (exact) mass is 292 g/mol. The molecule has 0 aliphatic rings. The van der Waals surface area contributed by atoms with E-state index in [0.717, 1.165) is 10.0 Å². The van der Waals surface area contributed by atoms with Crippen molar-refractivity contribution in [3.8, 4) is 17.1 Å². The fourth-order valence-corrected chi connectivity index (χ4v) is 1.70. The normalized spacial score (nSPS) is 9.94. The fourth-order valence-electron chi connectivity index (χ4n) is 1.30. The van der Waals surface area contributed by atoms with E-state index in [1.165, 1.54) is 0 Å². The summed E-state index contributed by atoms with van der Waals surface area (Å²) in [4.78, 5) is 18.5. The van der Waals surface area contributed by atoms with Crippen LogP contribution < -0.4 is 4.74 Å². The highest BCUT2D eigenvalue weighted by atomic mass is 79.9. The van der Waals surface area contributed by atoms with Crippen molar-refractivity contribution < 1.29 is 9.53 Å². The molecule has 0 radical (unpaired) electrons. The van der Waals surface area contributed by atoms with E-state index in [9.17, 15) is 4.79 Å². The average molecular weight is 293 g/mol. The number of aromatic nitrogens is 2. The Hall–Kier alpha value is -1.75. The van der Waals surface area contributed by atoms with E-state index in [2.05, 4.69) is 25.9 Å². The lowest BCUT2D eigenvalue weighted by molar-refractivity contribution is -0.109. The van der Waals surface area contributed by atoms with Gasteiger partial charge in [0.2, 0.25) is 0 Å². The van der Waals surface area contributed by atoms with E-state index in [1.807, 2.05) is 24.3 Å². The minimum atomic E-state index is 0.0135. The van der Waals surface area contributed by atoms with Gasteiger partial charge in [-0.3, -0.25) is 4.79 Å².